The van der Waals surface area contributed by atoms with Crippen LogP contribution < -0.4 is 14.8 Å². The molecule has 138 valence electrons. The van der Waals surface area contributed by atoms with Crippen molar-refractivity contribution in [2.24, 2.45) is 0 Å². The summed E-state index contributed by atoms with van der Waals surface area (Å²) in [6, 6.07) is 9.18. The minimum Gasteiger partial charge on any atom is -0.493 e. The van der Waals surface area contributed by atoms with E-state index in [0.29, 0.717) is 17.2 Å². The van der Waals surface area contributed by atoms with Crippen molar-refractivity contribution in [3.05, 3.63) is 42.2 Å². The third-order valence-corrected chi connectivity index (χ3v) is 4.44. The lowest BCUT2D eigenvalue weighted by atomic mass is 10.2. The predicted molar refractivity (Wildman–Crippen MR) is 100 cm³/mol. The maximum Gasteiger partial charge on any atom is 0.272 e. The molecule has 0 unspecified atom stereocenters. The summed E-state index contributed by atoms with van der Waals surface area (Å²) >= 11 is 0. The highest BCUT2D eigenvalue weighted by Gasteiger charge is 2.21. The molecule has 1 aromatic carbocycles. The van der Waals surface area contributed by atoms with Gasteiger partial charge in [0.05, 0.1) is 14.2 Å². The summed E-state index contributed by atoms with van der Waals surface area (Å²) in [5.41, 5.74) is 2.08. The zero-order chi connectivity index (χ0) is 18.5. The fraction of sp³-hybridized carbons (Fsp3) is 0.368. The monoisotopic (exact) mass is 356 g/mol. The number of benzene rings is 1. The van der Waals surface area contributed by atoms with E-state index >= 15 is 0 Å². The fourth-order valence-corrected chi connectivity index (χ4v) is 2.88. The standard InChI is InChI=1S/C19H24N4O3/c1-22-8-10-23(11-9-22)19(24)16-12-15(6-7-20-16)21-14-4-5-17(25-2)18(13-14)26-3/h4-7,12-13H,8-11H2,1-3H3,(H,20,21). The van der Waals surface area contributed by atoms with E-state index in [1.165, 1.54) is 0 Å². The van der Waals surface area contributed by atoms with Crippen LogP contribution in [0.25, 0.3) is 0 Å². The van der Waals surface area contributed by atoms with Gasteiger partial charge in [-0.05, 0) is 31.3 Å². The van der Waals surface area contributed by atoms with Crippen LogP contribution in [0.3, 0.4) is 0 Å². The highest BCUT2D eigenvalue weighted by Crippen LogP contribution is 2.31. The molecule has 0 atom stereocenters. The van der Waals surface area contributed by atoms with Crippen molar-refractivity contribution in [3.8, 4) is 11.5 Å². The number of nitrogens with zero attached hydrogens (tertiary/aromatic N) is 3. The zero-order valence-corrected chi connectivity index (χ0v) is 15.4. The Balaban J connectivity index is 1.74. The average molecular weight is 356 g/mol. The maximum absolute atomic E-state index is 12.7. The van der Waals surface area contributed by atoms with Gasteiger partial charge in [-0.25, -0.2) is 0 Å². The smallest absolute Gasteiger partial charge is 0.272 e. The van der Waals surface area contributed by atoms with Crippen molar-refractivity contribution >= 4 is 17.3 Å². The van der Waals surface area contributed by atoms with Crippen molar-refractivity contribution in [2.75, 3.05) is 52.8 Å². The number of pyridine rings is 1. The number of nitrogens with one attached hydrogen (secondary N) is 1. The van der Waals surface area contributed by atoms with Gasteiger partial charge in [-0.1, -0.05) is 0 Å². The zero-order valence-electron chi connectivity index (χ0n) is 15.4. The van der Waals surface area contributed by atoms with E-state index in [2.05, 4.69) is 22.2 Å². The molecule has 0 bridgehead atoms. The van der Waals surface area contributed by atoms with Crippen LogP contribution in [-0.4, -0.2) is 68.1 Å². The van der Waals surface area contributed by atoms with E-state index in [1.807, 2.05) is 29.2 Å². The Labute approximate surface area is 153 Å². The molecule has 0 saturated carbocycles. The molecule has 7 nitrogen and oxygen atoms in total. The van der Waals surface area contributed by atoms with Crippen LogP contribution in [0.2, 0.25) is 0 Å². The van der Waals surface area contributed by atoms with Crippen molar-refractivity contribution in [1.29, 1.82) is 0 Å². The molecular weight excluding hydrogens is 332 g/mol. The van der Waals surface area contributed by atoms with E-state index in [9.17, 15) is 4.79 Å². The minimum absolute atomic E-state index is 0.0333. The molecule has 3 rings (SSSR count). The SMILES string of the molecule is COc1ccc(Nc2ccnc(C(=O)N3CCN(C)CC3)c2)cc1OC. The first-order valence-electron chi connectivity index (χ1n) is 8.53. The highest BCUT2D eigenvalue weighted by molar-refractivity contribution is 5.93. The molecule has 0 spiro atoms. The van der Waals surface area contributed by atoms with Gasteiger partial charge in [-0.15, -0.1) is 0 Å². The average Bonchev–Trinajstić information content (AvgIpc) is 2.68. The first-order chi connectivity index (χ1) is 12.6. The number of likely N-dealkylation sites (N-methyl/N-ethyl adjacent to an activating group) is 1. The van der Waals surface area contributed by atoms with Crippen LogP contribution >= 0.6 is 0 Å². The first-order valence-corrected chi connectivity index (χ1v) is 8.53. The topological polar surface area (TPSA) is 66.9 Å². The number of ether oxygens (including phenoxy) is 2. The molecule has 1 fully saturated rings. The summed E-state index contributed by atoms with van der Waals surface area (Å²) in [6.07, 6.45) is 1.65. The summed E-state index contributed by atoms with van der Waals surface area (Å²) in [7, 11) is 5.26. The largest absolute Gasteiger partial charge is 0.493 e. The predicted octanol–water partition coefficient (Wildman–Crippen LogP) is 2.23. The molecule has 0 radical (unpaired) electrons. The number of hydrogen-bond donors (Lipinski definition) is 1. The van der Waals surface area contributed by atoms with E-state index < -0.39 is 0 Å². The molecule has 2 heterocycles. The Morgan fingerprint density at radius 1 is 1.00 bits per heavy atom. The lowest BCUT2D eigenvalue weighted by Crippen LogP contribution is -2.47. The highest BCUT2D eigenvalue weighted by atomic mass is 16.5. The van der Waals surface area contributed by atoms with Gasteiger partial charge in [0.2, 0.25) is 0 Å². The third-order valence-electron chi connectivity index (χ3n) is 4.44. The minimum atomic E-state index is -0.0333. The van der Waals surface area contributed by atoms with E-state index in [-0.39, 0.29) is 5.91 Å². The van der Waals surface area contributed by atoms with Crippen LogP contribution in [0.1, 0.15) is 10.5 Å². The van der Waals surface area contributed by atoms with Gasteiger partial charge in [0.25, 0.3) is 5.91 Å². The van der Waals surface area contributed by atoms with Crippen LogP contribution in [0.15, 0.2) is 36.5 Å². The second-order valence-corrected chi connectivity index (χ2v) is 6.22. The number of amides is 1. The Kier molecular flexibility index (Phi) is 5.58. The molecule has 26 heavy (non-hydrogen) atoms. The summed E-state index contributed by atoms with van der Waals surface area (Å²) in [5.74, 6) is 1.27. The molecule has 1 amide bonds. The Morgan fingerprint density at radius 2 is 1.69 bits per heavy atom. The van der Waals surface area contributed by atoms with Crippen LogP contribution in [0, 0.1) is 0 Å². The van der Waals surface area contributed by atoms with Gasteiger partial charge in [0, 0.05) is 49.8 Å². The number of rotatable bonds is 5. The number of hydrogen-bond acceptors (Lipinski definition) is 6. The molecule has 1 aromatic heterocycles. The van der Waals surface area contributed by atoms with Gasteiger partial charge < -0.3 is 24.6 Å². The maximum atomic E-state index is 12.7. The van der Waals surface area contributed by atoms with Gasteiger partial charge >= 0.3 is 0 Å². The Hall–Kier alpha value is -2.80. The molecule has 2 aromatic rings. The summed E-state index contributed by atoms with van der Waals surface area (Å²) in [6.45, 7) is 3.22. The second-order valence-electron chi connectivity index (χ2n) is 6.22. The third kappa shape index (κ3) is 4.05. The van der Waals surface area contributed by atoms with Gasteiger partial charge in [-0.2, -0.15) is 0 Å². The van der Waals surface area contributed by atoms with Crippen molar-refractivity contribution in [3.63, 3.8) is 0 Å². The number of aromatic nitrogens is 1. The summed E-state index contributed by atoms with van der Waals surface area (Å²) in [5, 5.41) is 3.28. The van der Waals surface area contributed by atoms with Gasteiger partial charge in [-0.3, -0.25) is 9.78 Å². The molecule has 0 aliphatic carbocycles. The normalized spacial score (nSPS) is 14.8. The van der Waals surface area contributed by atoms with E-state index in [1.54, 1.807) is 26.5 Å². The number of carbonyl (C=O) groups excluding carboxylic acids is 1. The fourth-order valence-electron chi connectivity index (χ4n) is 2.88. The quantitative estimate of drug-likeness (QED) is 0.886. The van der Waals surface area contributed by atoms with Crippen LogP contribution in [0.5, 0.6) is 11.5 Å². The number of carbonyl (C=O) groups is 1. The number of methoxy groups -OCH3 is 2. The lowest BCUT2D eigenvalue weighted by molar-refractivity contribution is 0.0658. The summed E-state index contributed by atoms with van der Waals surface area (Å²) < 4.78 is 10.6. The van der Waals surface area contributed by atoms with Crippen molar-refractivity contribution in [2.45, 2.75) is 0 Å². The first kappa shape index (κ1) is 18.0. The molecule has 1 aliphatic heterocycles. The second kappa shape index (κ2) is 8.05. The van der Waals surface area contributed by atoms with E-state index in [0.717, 1.165) is 37.6 Å². The van der Waals surface area contributed by atoms with E-state index in [4.69, 9.17) is 9.47 Å². The summed E-state index contributed by atoms with van der Waals surface area (Å²) in [4.78, 5) is 21.0. The van der Waals surface area contributed by atoms with Crippen molar-refractivity contribution < 1.29 is 14.3 Å². The molecule has 1 N–H and O–H groups in total. The molecule has 1 saturated heterocycles. The van der Waals surface area contributed by atoms with Gasteiger partial charge in [0.15, 0.2) is 11.5 Å². The lowest BCUT2D eigenvalue weighted by Gasteiger charge is -2.32. The van der Waals surface area contributed by atoms with Gasteiger partial charge in [0.1, 0.15) is 5.69 Å². The number of piperazine rings is 1. The molecule has 1 aliphatic rings. The molecule has 7 heteroatoms. The van der Waals surface area contributed by atoms with Crippen molar-refractivity contribution in [1.82, 2.24) is 14.8 Å². The molecular formula is C19H24N4O3. The Bertz CT molecular complexity index is 773. The Morgan fingerprint density at radius 3 is 2.38 bits per heavy atom. The van der Waals surface area contributed by atoms with Crippen LogP contribution in [0.4, 0.5) is 11.4 Å². The van der Waals surface area contributed by atoms with Crippen LogP contribution in [-0.2, 0) is 0 Å². The number of anilines is 2.